The summed E-state index contributed by atoms with van der Waals surface area (Å²) in [4.78, 5) is 26.4. The number of hydrogen-bond donors (Lipinski definition) is 2. The number of carbonyl (C=O) groups is 2. The first-order valence-corrected chi connectivity index (χ1v) is 10.3. The Bertz CT molecular complexity index is 1220. The summed E-state index contributed by atoms with van der Waals surface area (Å²) in [6.45, 7) is 1.63. The average Bonchev–Trinajstić information content (AvgIpc) is 3.21. The van der Waals surface area contributed by atoms with Crippen molar-refractivity contribution in [1.82, 2.24) is 10.2 Å². The Balaban J connectivity index is 1.49. The second kappa shape index (κ2) is 9.41. The highest BCUT2D eigenvalue weighted by Crippen LogP contribution is 2.32. The lowest BCUT2D eigenvalue weighted by atomic mass is 10.1. The average molecular weight is 447 g/mol. The molecule has 1 fully saturated rings. The van der Waals surface area contributed by atoms with E-state index in [0.717, 1.165) is 5.56 Å². The van der Waals surface area contributed by atoms with E-state index in [1.807, 2.05) is 18.2 Å². The van der Waals surface area contributed by atoms with E-state index in [2.05, 4.69) is 16.7 Å². The van der Waals surface area contributed by atoms with Crippen LogP contribution in [0.15, 0.2) is 66.7 Å². The second-order valence-electron chi connectivity index (χ2n) is 7.12. The number of ether oxygens (including phenoxy) is 1. The maximum Gasteiger partial charge on any atom is 0.317 e. The number of nitrogens with zero attached hydrogens (tertiary/aromatic N) is 2. The zero-order chi connectivity index (χ0) is 22.5. The molecule has 3 aromatic rings. The lowest BCUT2D eigenvalue weighted by molar-refractivity contribution is 0.102. The van der Waals surface area contributed by atoms with E-state index < -0.39 is 0 Å². The van der Waals surface area contributed by atoms with Gasteiger partial charge in [0.2, 0.25) is 0 Å². The fourth-order valence-corrected chi connectivity index (χ4v) is 3.55. The highest BCUT2D eigenvalue weighted by atomic mass is 35.5. The van der Waals surface area contributed by atoms with Gasteiger partial charge in [-0.3, -0.25) is 4.79 Å². The largest absolute Gasteiger partial charge is 0.454 e. The summed E-state index contributed by atoms with van der Waals surface area (Å²) < 4.78 is 5.76. The molecule has 0 aromatic heterocycles. The van der Waals surface area contributed by atoms with Gasteiger partial charge in [-0.1, -0.05) is 41.9 Å². The molecular formula is C24H19ClN4O3. The topological polar surface area (TPSA) is 94.5 Å². The van der Waals surface area contributed by atoms with Gasteiger partial charge in [-0.05, 0) is 42.0 Å². The Hall–Kier alpha value is -4.02. The zero-order valence-corrected chi connectivity index (χ0v) is 17.7. The fraction of sp³-hybridized carbons (Fsp3) is 0.125. The molecule has 2 N–H and O–H groups in total. The predicted octanol–water partition coefficient (Wildman–Crippen LogP) is 4.78. The molecule has 8 heteroatoms. The third-order valence-electron chi connectivity index (χ3n) is 4.99. The minimum Gasteiger partial charge on any atom is -0.454 e. The van der Waals surface area contributed by atoms with Crippen LogP contribution in [0.1, 0.15) is 21.5 Å². The number of nitrogens with one attached hydrogen (secondary N) is 2. The van der Waals surface area contributed by atoms with Crippen molar-refractivity contribution in [3.63, 3.8) is 0 Å². The lowest BCUT2D eigenvalue weighted by Gasteiger charge is -2.17. The molecule has 3 aromatic carbocycles. The van der Waals surface area contributed by atoms with Gasteiger partial charge in [-0.15, -0.1) is 0 Å². The van der Waals surface area contributed by atoms with Gasteiger partial charge in [0, 0.05) is 30.9 Å². The van der Waals surface area contributed by atoms with Gasteiger partial charge < -0.3 is 20.3 Å². The van der Waals surface area contributed by atoms with Crippen molar-refractivity contribution in [2.45, 2.75) is 6.54 Å². The first-order chi connectivity index (χ1) is 15.5. The van der Waals surface area contributed by atoms with Crippen molar-refractivity contribution in [3.05, 3.63) is 88.4 Å². The summed E-state index contributed by atoms with van der Waals surface area (Å²) >= 11 is 6.34. The maximum atomic E-state index is 12.8. The summed E-state index contributed by atoms with van der Waals surface area (Å²) in [6, 6.07) is 20.8. The van der Waals surface area contributed by atoms with Crippen LogP contribution < -0.4 is 15.4 Å². The van der Waals surface area contributed by atoms with E-state index in [9.17, 15) is 14.9 Å². The minimum atomic E-state index is -0.339. The lowest BCUT2D eigenvalue weighted by Crippen LogP contribution is -2.28. The normalized spacial score (nSPS) is 12.8. The van der Waals surface area contributed by atoms with Crippen molar-refractivity contribution in [3.8, 4) is 17.6 Å². The Morgan fingerprint density at radius 3 is 2.66 bits per heavy atom. The van der Waals surface area contributed by atoms with Crippen molar-refractivity contribution in [2.24, 2.45) is 0 Å². The van der Waals surface area contributed by atoms with E-state index in [0.29, 0.717) is 47.9 Å². The molecule has 1 aliphatic rings. The number of carbonyl (C=O) groups excluding carboxylic acids is 2. The number of rotatable bonds is 6. The minimum absolute atomic E-state index is 0.119. The van der Waals surface area contributed by atoms with Crippen LogP contribution in [0.25, 0.3) is 0 Å². The molecule has 0 saturated carbocycles. The number of amides is 3. The van der Waals surface area contributed by atoms with E-state index in [1.54, 1.807) is 47.4 Å². The van der Waals surface area contributed by atoms with Crippen LogP contribution in [0.4, 0.5) is 10.5 Å². The number of halogens is 1. The number of urea groups is 1. The number of nitriles is 1. The molecule has 7 nitrogen and oxygen atoms in total. The molecule has 3 amide bonds. The van der Waals surface area contributed by atoms with Crippen molar-refractivity contribution in [2.75, 3.05) is 18.4 Å². The van der Waals surface area contributed by atoms with Crippen LogP contribution >= 0.6 is 11.6 Å². The van der Waals surface area contributed by atoms with Crippen molar-refractivity contribution >= 4 is 29.2 Å². The summed E-state index contributed by atoms with van der Waals surface area (Å²) in [5, 5.41) is 15.1. The summed E-state index contributed by atoms with van der Waals surface area (Å²) in [7, 11) is 0. The Morgan fingerprint density at radius 2 is 1.91 bits per heavy atom. The van der Waals surface area contributed by atoms with Gasteiger partial charge in [0.1, 0.15) is 17.6 Å². The monoisotopic (exact) mass is 446 g/mol. The van der Waals surface area contributed by atoms with Crippen LogP contribution in [0.5, 0.6) is 11.5 Å². The molecule has 0 unspecified atom stereocenters. The van der Waals surface area contributed by atoms with Gasteiger partial charge in [0.15, 0.2) is 0 Å². The molecule has 0 aliphatic carbocycles. The number of benzene rings is 3. The zero-order valence-electron chi connectivity index (χ0n) is 17.0. The molecule has 0 spiro atoms. The van der Waals surface area contributed by atoms with E-state index in [1.165, 1.54) is 6.07 Å². The van der Waals surface area contributed by atoms with Crippen LogP contribution in [0, 0.1) is 11.3 Å². The Kier molecular flexibility index (Phi) is 6.24. The predicted molar refractivity (Wildman–Crippen MR) is 121 cm³/mol. The molecule has 1 heterocycles. The molecule has 1 aliphatic heterocycles. The summed E-state index contributed by atoms with van der Waals surface area (Å²) in [6.07, 6.45) is 0. The summed E-state index contributed by atoms with van der Waals surface area (Å²) in [5.41, 5.74) is 2.19. The van der Waals surface area contributed by atoms with Gasteiger partial charge in [-0.2, -0.15) is 5.26 Å². The van der Waals surface area contributed by atoms with E-state index in [-0.39, 0.29) is 17.0 Å². The highest BCUT2D eigenvalue weighted by molar-refractivity contribution is 6.32. The molecule has 1 saturated heterocycles. The van der Waals surface area contributed by atoms with Crippen LogP contribution in [-0.2, 0) is 6.54 Å². The standard InChI is InChI=1S/C24H19ClN4O3/c25-19-13-16(9-10-22(19)32-21-8-4-2-5-17(21)14-26)23(30)28-20-7-3-1-6-18(20)15-29-12-11-27-24(29)31/h1-10,13H,11-12,15H2,(H,27,31)(H,28,30). The van der Waals surface area contributed by atoms with Gasteiger partial charge >= 0.3 is 6.03 Å². The molecule has 4 rings (SSSR count). The van der Waals surface area contributed by atoms with Gasteiger partial charge in [0.05, 0.1) is 10.6 Å². The second-order valence-corrected chi connectivity index (χ2v) is 7.53. The first kappa shape index (κ1) is 21.2. The fourth-order valence-electron chi connectivity index (χ4n) is 3.33. The van der Waals surface area contributed by atoms with Gasteiger partial charge in [0.25, 0.3) is 5.91 Å². The molecule has 32 heavy (non-hydrogen) atoms. The quantitative estimate of drug-likeness (QED) is 0.569. The van der Waals surface area contributed by atoms with Crippen LogP contribution in [-0.4, -0.2) is 29.9 Å². The number of para-hydroxylation sites is 2. The Labute approximate surface area is 190 Å². The first-order valence-electron chi connectivity index (χ1n) is 9.93. The highest BCUT2D eigenvalue weighted by Gasteiger charge is 2.21. The molecule has 0 radical (unpaired) electrons. The van der Waals surface area contributed by atoms with E-state index >= 15 is 0 Å². The van der Waals surface area contributed by atoms with Crippen LogP contribution in [0.3, 0.4) is 0 Å². The summed E-state index contributed by atoms with van der Waals surface area (Å²) in [5.74, 6) is 0.384. The number of anilines is 1. The van der Waals surface area contributed by atoms with E-state index in [4.69, 9.17) is 16.3 Å². The molecule has 0 bridgehead atoms. The van der Waals surface area contributed by atoms with Crippen molar-refractivity contribution in [1.29, 1.82) is 5.26 Å². The molecular weight excluding hydrogens is 428 g/mol. The smallest absolute Gasteiger partial charge is 0.317 e. The number of hydrogen-bond acceptors (Lipinski definition) is 4. The maximum absolute atomic E-state index is 12.8. The molecule has 160 valence electrons. The van der Waals surface area contributed by atoms with Gasteiger partial charge in [-0.25, -0.2) is 4.79 Å². The third-order valence-corrected chi connectivity index (χ3v) is 5.29. The molecule has 0 atom stereocenters. The van der Waals surface area contributed by atoms with Crippen LogP contribution in [0.2, 0.25) is 5.02 Å². The third kappa shape index (κ3) is 4.66. The SMILES string of the molecule is N#Cc1ccccc1Oc1ccc(C(=O)Nc2ccccc2CN2CCNC2=O)cc1Cl. The Morgan fingerprint density at radius 1 is 1.12 bits per heavy atom. The van der Waals surface area contributed by atoms with Crippen molar-refractivity contribution < 1.29 is 14.3 Å².